The highest BCUT2D eigenvalue weighted by molar-refractivity contribution is 5.95. The van der Waals surface area contributed by atoms with Gasteiger partial charge in [0.2, 0.25) is 0 Å². The zero-order valence-corrected chi connectivity index (χ0v) is 20.9. The molecule has 0 unspecified atom stereocenters. The average Bonchev–Trinajstić information content (AvgIpc) is 3.33. The van der Waals surface area contributed by atoms with E-state index in [1.165, 1.54) is 24.9 Å². The molecule has 6 nitrogen and oxygen atoms in total. The van der Waals surface area contributed by atoms with Gasteiger partial charge >= 0.3 is 0 Å². The number of anilines is 1. The largest absolute Gasteiger partial charge is 0.372 e. The first-order valence-electron chi connectivity index (χ1n) is 12.5. The van der Waals surface area contributed by atoms with Crippen molar-refractivity contribution in [3.05, 3.63) is 71.8 Å². The van der Waals surface area contributed by atoms with E-state index in [2.05, 4.69) is 50.3 Å². The van der Waals surface area contributed by atoms with Crippen LogP contribution in [0.15, 0.2) is 60.4 Å². The molecule has 6 heteroatoms. The van der Waals surface area contributed by atoms with Crippen molar-refractivity contribution in [2.45, 2.75) is 59.8 Å². The van der Waals surface area contributed by atoms with Crippen molar-refractivity contribution < 1.29 is 4.79 Å². The molecule has 0 saturated carbocycles. The van der Waals surface area contributed by atoms with Gasteiger partial charge in [0.25, 0.3) is 5.91 Å². The van der Waals surface area contributed by atoms with E-state index in [0.29, 0.717) is 17.6 Å². The highest BCUT2D eigenvalue weighted by atomic mass is 16.1. The molecule has 0 aliphatic carbocycles. The first-order chi connectivity index (χ1) is 16.7. The molecular formula is C28H37N5O. The number of H-pyrrole nitrogens is 1. The van der Waals surface area contributed by atoms with E-state index in [-0.39, 0.29) is 5.91 Å². The zero-order valence-electron chi connectivity index (χ0n) is 20.9. The van der Waals surface area contributed by atoms with Crippen LogP contribution in [0, 0.1) is 0 Å². The summed E-state index contributed by atoms with van der Waals surface area (Å²) < 4.78 is 0. The fraction of sp³-hybridized carbons (Fsp3) is 0.393. The molecule has 3 aromatic rings. The summed E-state index contributed by atoms with van der Waals surface area (Å²) in [6.07, 6.45) is 11.0. The Labute approximate surface area is 203 Å². The van der Waals surface area contributed by atoms with Crippen molar-refractivity contribution >= 4 is 28.3 Å². The maximum atomic E-state index is 12.9. The summed E-state index contributed by atoms with van der Waals surface area (Å²) >= 11 is 0. The standard InChI is InChI=1S/C26H31N5O.C2H6/c1-3-9-21(18-19(4-2)24-29-23-10-8-15-27-25(23)30-24)28-26(32)20-11-13-22(14-12-20)31-16-6-5-7-17-31;1-2/h4,8-15H,3,5-7,16-18H2,1-2H3,(H,28,32)(H,27,29,30);1-2H3/b19-4+,21-9+;. The summed E-state index contributed by atoms with van der Waals surface area (Å²) in [6.45, 7) is 10.2. The molecule has 1 saturated heterocycles. The van der Waals surface area contributed by atoms with Crippen LogP contribution in [-0.4, -0.2) is 33.9 Å². The number of carbonyl (C=O) groups excluding carboxylic acids is 1. The van der Waals surface area contributed by atoms with Crippen LogP contribution < -0.4 is 10.2 Å². The molecule has 0 atom stereocenters. The number of benzene rings is 1. The maximum absolute atomic E-state index is 12.9. The van der Waals surface area contributed by atoms with Crippen LogP contribution in [0.4, 0.5) is 5.69 Å². The van der Waals surface area contributed by atoms with Gasteiger partial charge in [-0.1, -0.05) is 32.9 Å². The number of allylic oxidation sites excluding steroid dienone is 3. The Kier molecular flexibility index (Phi) is 9.44. The molecule has 1 aliphatic heterocycles. The first-order valence-corrected chi connectivity index (χ1v) is 12.5. The molecule has 0 spiro atoms. The van der Waals surface area contributed by atoms with Crippen LogP contribution in [0.25, 0.3) is 16.7 Å². The average molecular weight is 460 g/mol. The molecule has 2 N–H and O–H groups in total. The Morgan fingerprint density at radius 1 is 1.12 bits per heavy atom. The minimum atomic E-state index is -0.0865. The second-order valence-electron chi connectivity index (χ2n) is 8.14. The van der Waals surface area contributed by atoms with Crippen LogP contribution in [-0.2, 0) is 0 Å². The van der Waals surface area contributed by atoms with Crippen LogP contribution in [0.2, 0.25) is 0 Å². The zero-order chi connectivity index (χ0) is 24.3. The monoisotopic (exact) mass is 459 g/mol. The van der Waals surface area contributed by atoms with Gasteiger partial charge in [0.05, 0.1) is 5.52 Å². The summed E-state index contributed by atoms with van der Waals surface area (Å²) in [4.78, 5) is 27.6. The fourth-order valence-corrected chi connectivity index (χ4v) is 4.13. The molecule has 4 rings (SSSR count). The molecular weight excluding hydrogens is 422 g/mol. The number of piperidine rings is 1. The van der Waals surface area contributed by atoms with Gasteiger partial charge in [-0.15, -0.1) is 0 Å². The molecule has 0 bridgehead atoms. The van der Waals surface area contributed by atoms with Gasteiger partial charge in [0.15, 0.2) is 5.65 Å². The Balaban J connectivity index is 0.00000158. The third-order valence-corrected chi connectivity index (χ3v) is 5.87. The summed E-state index contributed by atoms with van der Waals surface area (Å²) in [5, 5.41) is 3.11. The van der Waals surface area contributed by atoms with Crippen molar-refractivity contribution in [3.8, 4) is 0 Å². The maximum Gasteiger partial charge on any atom is 0.255 e. The number of nitrogens with one attached hydrogen (secondary N) is 2. The van der Waals surface area contributed by atoms with Crippen molar-refractivity contribution in [2.24, 2.45) is 0 Å². The SMILES string of the molecule is C/C=C(\C/C(=C\CC)NC(=O)c1ccc(N2CCCCC2)cc1)c1nc2ncccc2[nH]1.CC. The number of aromatic nitrogens is 3. The van der Waals surface area contributed by atoms with E-state index in [1.807, 2.05) is 51.1 Å². The quantitative estimate of drug-likeness (QED) is 0.423. The Bertz CT molecular complexity index is 1090. The predicted octanol–water partition coefficient (Wildman–Crippen LogP) is 6.49. The fourth-order valence-electron chi connectivity index (χ4n) is 4.13. The third-order valence-electron chi connectivity index (χ3n) is 5.87. The molecule has 34 heavy (non-hydrogen) atoms. The lowest BCUT2D eigenvalue weighted by molar-refractivity contribution is 0.0965. The number of fused-ring (bicyclic) bond motifs is 1. The summed E-state index contributed by atoms with van der Waals surface area (Å²) in [5.74, 6) is 0.694. The lowest BCUT2D eigenvalue weighted by atomic mass is 10.1. The molecule has 3 heterocycles. The number of amides is 1. The van der Waals surface area contributed by atoms with Gasteiger partial charge in [-0.05, 0) is 74.6 Å². The number of carbonyl (C=O) groups is 1. The Morgan fingerprint density at radius 2 is 1.85 bits per heavy atom. The molecule has 2 aromatic heterocycles. The smallest absolute Gasteiger partial charge is 0.255 e. The van der Waals surface area contributed by atoms with E-state index in [0.717, 1.165) is 42.1 Å². The lowest BCUT2D eigenvalue weighted by Gasteiger charge is -2.28. The van der Waals surface area contributed by atoms with Gasteiger partial charge in [-0.3, -0.25) is 4.79 Å². The highest BCUT2D eigenvalue weighted by Crippen LogP contribution is 2.23. The minimum absolute atomic E-state index is 0.0865. The molecule has 1 aliphatic rings. The lowest BCUT2D eigenvalue weighted by Crippen LogP contribution is -2.29. The summed E-state index contributed by atoms with van der Waals surface area (Å²) in [6, 6.07) is 11.8. The highest BCUT2D eigenvalue weighted by Gasteiger charge is 2.15. The molecule has 180 valence electrons. The van der Waals surface area contributed by atoms with Gasteiger partial charge < -0.3 is 15.2 Å². The molecule has 0 radical (unpaired) electrons. The first kappa shape index (κ1) is 25.2. The molecule has 1 aromatic carbocycles. The predicted molar refractivity (Wildman–Crippen MR) is 142 cm³/mol. The van der Waals surface area contributed by atoms with Crippen LogP contribution in [0.5, 0.6) is 0 Å². The van der Waals surface area contributed by atoms with E-state index in [9.17, 15) is 4.79 Å². The van der Waals surface area contributed by atoms with Crippen LogP contribution in [0.1, 0.15) is 76.0 Å². The van der Waals surface area contributed by atoms with E-state index < -0.39 is 0 Å². The van der Waals surface area contributed by atoms with Gasteiger partial charge in [-0.2, -0.15) is 0 Å². The van der Waals surface area contributed by atoms with Crippen molar-refractivity contribution in [3.63, 3.8) is 0 Å². The second-order valence-corrected chi connectivity index (χ2v) is 8.14. The summed E-state index contributed by atoms with van der Waals surface area (Å²) in [5.41, 5.74) is 5.35. The number of hydrogen-bond acceptors (Lipinski definition) is 4. The number of hydrogen-bond donors (Lipinski definition) is 2. The second kappa shape index (κ2) is 12.7. The Morgan fingerprint density at radius 3 is 2.50 bits per heavy atom. The topological polar surface area (TPSA) is 73.9 Å². The van der Waals surface area contributed by atoms with Gasteiger partial charge in [0.1, 0.15) is 5.82 Å². The number of nitrogens with zero attached hydrogens (tertiary/aromatic N) is 3. The minimum Gasteiger partial charge on any atom is -0.372 e. The summed E-state index contributed by atoms with van der Waals surface area (Å²) in [7, 11) is 0. The van der Waals surface area contributed by atoms with Gasteiger partial charge in [0, 0.05) is 42.7 Å². The number of pyridine rings is 1. The van der Waals surface area contributed by atoms with E-state index in [4.69, 9.17) is 0 Å². The number of rotatable bonds is 7. The van der Waals surface area contributed by atoms with E-state index in [1.54, 1.807) is 6.20 Å². The van der Waals surface area contributed by atoms with Crippen LogP contribution >= 0.6 is 0 Å². The number of imidazole rings is 1. The van der Waals surface area contributed by atoms with E-state index >= 15 is 0 Å². The molecule has 1 amide bonds. The Hall–Kier alpha value is -3.41. The van der Waals surface area contributed by atoms with Gasteiger partial charge in [-0.25, -0.2) is 9.97 Å². The van der Waals surface area contributed by atoms with Crippen LogP contribution in [0.3, 0.4) is 0 Å². The van der Waals surface area contributed by atoms with Crippen molar-refractivity contribution in [1.29, 1.82) is 0 Å². The third kappa shape index (κ3) is 6.34. The molecule has 1 fully saturated rings. The normalized spacial score (nSPS) is 14.5. The number of aromatic amines is 1. The van der Waals surface area contributed by atoms with Crippen molar-refractivity contribution in [1.82, 2.24) is 20.3 Å². The van der Waals surface area contributed by atoms with Crippen molar-refractivity contribution in [2.75, 3.05) is 18.0 Å².